The second-order valence-electron chi connectivity index (χ2n) is 4.09. The van der Waals surface area contributed by atoms with Crippen molar-refractivity contribution in [1.82, 2.24) is 14.8 Å². The zero-order valence-corrected chi connectivity index (χ0v) is 11.5. The molecule has 5 nitrogen and oxygen atoms in total. The van der Waals surface area contributed by atoms with Crippen LogP contribution in [0.3, 0.4) is 0 Å². The van der Waals surface area contributed by atoms with E-state index in [0.29, 0.717) is 11.3 Å². The van der Waals surface area contributed by atoms with Crippen LogP contribution in [0, 0.1) is 0 Å². The lowest BCUT2D eigenvalue weighted by molar-refractivity contribution is 0.402. The molecule has 5 heteroatoms. The summed E-state index contributed by atoms with van der Waals surface area (Å²) in [4.78, 5) is 16.3. The van der Waals surface area contributed by atoms with Crippen LogP contribution in [0.25, 0.3) is 23.3 Å². The lowest BCUT2D eigenvalue weighted by Crippen LogP contribution is -2.21. The molecule has 0 aliphatic heterocycles. The van der Waals surface area contributed by atoms with Crippen LogP contribution in [0.1, 0.15) is 11.3 Å². The number of hydrogen-bond acceptors (Lipinski definition) is 4. The minimum Gasteiger partial charge on any atom is -0.491 e. The average molecular weight is 269 g/mol. The topological polar surface area (TPSA) is 57.0 Å². The molecule has 0 atom stereocenters. The van der Waals surface area contributed by atoms with Crippen LogP contribution in [-0.4, -0.2) is 21.9 Å². The van der Waals surface area contributed by atoms with Gasteiger partial charge in [-0.3, -0.25) is 9.78 Å². The number of pyridine rings is 1. The molecule has 2 rings (SSSR count). The Labute approximate surface area is 116 Å². The smallest absolute Gasteiger partial charge is 0.309 e. The van der Waals surface area contributed by atoms with E-state index in [1.165, 1.54) is 11.8 Å². The van der Waals surface area contributed by atoms with E-state index in [0.717, 1.165) is 11.1 Å². The highest BCUT2D eigenvalue weighted by molar-refractivity contribution is 5.81. The van der Waals surface area contributed by atoms with Crippen LogP contribution in [0.2, 0.25) is 0 Å². The highest BCUT2D eigenvalue weighted by Crippen LogP contribution is 2.31. The zero-order chi connectivity index (χ0) is 14.7. The summed E-state index contributed by atoms with van der Waals surface area (Å²) < 4.78 is 6.46. The molecule has 0 bridgehead atoms. The van der Waals surface area contributed by atoms with Gasteiger partial charge in [-0.25, -0.2) is 4.68 Å². The van der Waals surface area contributed by atoms with Crippen molar-refractivity contribution in [2.75, 3.05) is 7.11 Å². The van der Waals surface area contributed by atoms with Crippen molar-refractivity contribution < 1.29 is 4.74 Å². The molecule has 0 unspecified atom stereocenters. The van der Waals surface area contributed by atoms with E-state index in [1.807, 2.05) is 0 Å². The van der Waals surface area contributed by atoms with Crippen LogP contribution in [0.15, 0.2) is 36.4 Å². The maximum atomic E-state index is 12.1. The minimum atomic E-state index is -0.294. The monoisotopic (exact) mass is 269 g/mol. The third-order valence-corrected chi connectivity index (χ3v) is 3.01. The van der Waals surface area contributed by atoms with E-state index in [-0.39, 0.29) is 11.3 Å². The standard InChI is InChI=1S/C15H15N3O2/c1-5-10-11(7-8-16-13(10)6-2)12-9-17-18(3)15(19)14(12)20-4/h5-9H,1-2H2,3-4H3. The van der Waals surface area contributed by atoms with Gasteiger partial charge in [-0.1, -0.05) is 19.2 Å². The number of aryl methyl sites for hydroxylation is 1. The Bertz CT molecular complexity index is 732. The molecule has 0 N–H and O–H groups in total. The quantitative estimate of drug-likeness (QED) is 0.853. The van der Waals surface area contributed by atoms with Gasteiger partial charge in [0.2, 0.25) is 0 Å². The second-order valence-corrected chi connectivity index (χ2v) is 4.09. The summed E-state index contributed by atoms with van der Waals surface area (Å²) in [7, 11) is 3.04. The van der Waals surface area contributed by atoms with Crippen LogP contribution in [0.5, 0.6) is 5.75 Å². The highest BCUT2D eigenvalue weighted by Gasteiger charge is 2.15. The van der Waals surface area contributed by atoms with Gasteiger partial charge >= 0.3 is 5.56 Å². The number of ether oxygens (including phenoxy) is 1. The molecule has 0 aliphatic carbocycles. The maximum absolute atomic E-state index is 12.1. The molecule has 0 spiro atoms. The van der Waals surface area contributed by atoms with Gasteiger partial charge in [-0.05, 0) is 17.7 Å². The average Bonchev–Trinajstić information content (AvgIpc) is 2.48. The largest absolute Gasteiger partial charge is 0.491 e. The van der Waals surface area contributed by atoms with Crippen LogP contribution >= 0.6 is 0 Å². The Morgan fingerprint density at radius 2 is 2.05 bits per heavy atom. The van der Waals surface area contributed by atoms with Crippen molar-refractivity contribution in [3.05, 3.63) is 53.2 Å². The van der Waals surface area contributed by atoms with Gasteiger partial charge in [0.05, 0.1) is 24.6 Å². The van der Waals surface area contributed by atoms with Crippen molar-refractivity contribution in [2.24, 2.45) is 7.05 Å². The van der Waals surface area contributed by atoms with Crippen LogP contribution in [-0.2, 0) is 7.05 Å². The number of nitrogens with zero attached hydrogens (tertiary/aromatic N) is 3. The van der Waals surface area contributed by atoms with Crippen molar-refractivity contribution >= 4 is 12.2 Å². The van der Waals surface area contributed by atoms with Gasteiger partial charge in [-0.2, -0.15) is 5.10 Å². The molecule has 0 aromatic carbocycles. The van der Waals surface area contributed by atoms with E-state index in [1.54, 1.807) is 37.7 Å². The van der Waals surface area contributed by atoms with E-state index in [2.05, 4.69) is 23.2 Å². The Kier molecular flexibility index (Phi) is 3.79. The fraction of sp³-hybridized carbons (Fsp3) is 0.133. The molecule has 2 aromatic rings. The number of rotatable bonds is 4. The zero-order valence-electron chi connectivity index (χ0n) is 11.5. The fourth-order valence-electron chi connectivity index (χ4n) is 2.01. The lowest BCUT2D eigenvalue weighted by atomic mass is 10.00. The Morgan fingerprint density at radius 1 is 1.30 bits per heavy atom. The van der Waals surface area contributed by atoms with Gasteiger partial charge in [0.1, 0.15) is 0 Å². The molecule has 0 aliphatic rings. The van der Waals surface area contributed by atoms with Gasteiger partial charge in [0.15, 0.2) is 5.75 Å². The molecular weight excluding hydrogens is 254 g/mol. The molecular formula is C15H15N3O2. The summed E-state index contributed by atoms with van der Waals surface area (Å²) in [6.07, 6.45) is 6.56. The predicted molar refractivity (Wildman–Crippen MR) is 79.4 cm³/mol. The van der Waals surface area contributed by atoms with Gasteiger partial charge < -0.3 is 4.74 Å². The molecule has 102 valence electrons. The third kappa shape index (κ3) is 2.14. The SMILES string of the molecule is C=Cc1nccc(-c2cnn(C)c(=O)c2OC)c1C=C. The third-order valence-electron chi connectivity index (χ3n) is 3.01. The lowest BCUT2D eigenvalue weighted by Gasteiger charge is -2.12. The molecule has 2 aromatic heterocycles. The van der Waals surface area contributed by atoms with Crippen LogP contribution in [0.4, 0.5) is 0 Å². The molecule has 0 saturated carbocycles. The first-order valence-corrected chi connectivity index (χ1v) is 5.98. The van der Waals surface area contributed by atoms with Crippen molar-refractivity contribution in [3.8, 4) is 16.9 Å². The van der Waals surface area contributed by atoms with E-state index in [4.69, 9.17) is 4.74 Å². The summed E-state index contributed by atoms with van der Waals surface area (Å²) >= 11 is 0. The molecule has 20 heavy (non-hydrogen) atoms. The number of hydrogen-bond donors (Lipinski definition) is 0. The Morgan fingerprint density at radius 3 is 2.65 bits per heavy atom. The summed E-state index contributed by atoms with van der Waals surface area (Å²) in [6, 6.07) is 1.79. The summed E-state index contributed by atoms with van der Waals surface area (Å²) in [5.41, 5.74) is 2.58. The van der Waals surface area contributed by atoms with Gasteiger partial charge in [-0.15, -0.1) is 0 Å². The van der Waals surface area contributed by atoms with Gasteiger partial charge in [0, 0.05) is 18.8 Å². The second kappa shape index (κ2) is 5.52. The predicted octanol–water partition coefficient (Wildman–Crippen LogP) is 2.14. The minimum absolute atomic E-state index is 0.242. The van der Waals surface area contributed by atoms with E-state index >= 15 is 0 Å². The number of methoxy groups -OCH3 is 1. The Hall–Kier alpha value is -2.69. The maximum Gasteiger partial charge on any atom is 0.309 e. The van der Waals surface area contributed by atoms with Crippen molar-refractivity contribution in [3.63, 3.8) is 0 Å². The van der Waals surface area contributed by atoms with Gasteiger partial charge in [0.25, 0.3) is 0 Å². The summed E-state index contributed by atoms with van der Waals surface area (Å²) in [5, 5.41) is 4.04. The first-order chi connectivity index (χ1) is 9.63. The molecule has 0 radical (unpaired) electrons. The highest BCUT2D eigenvalue weighted by atomic mass is 16.5. The fourth-order valence-corrected chi connectivity index (χ4v) is 2.01. The van der Waals surface area contributed by atoms with E-state index < -0.39 is 0 Å². The summed E-state index contributed by atoms with van der Waals surface area (Å²) in [6.45, 7) is 7.51. The van der Waals surface area contributed by atoms with Crippen LogP contribution < -0.4 is 10.3 Å². The number of aromatic nitrogens is 3. The van der Waals surface area contributed by atoms with Crippen molar-refractivity contribution in [2.45, 2.75) is 0 Å². The Balaban J connectivity index is 2.82. The molecule has 0 amide bonds. The van der Waals surface area contributed by atoms with Crippen molar-refractivity contribution in [1.29, 1.82) is 0 Å². The van der Waals surface area contributed by atoms with E-state index in [9.17, 15) is 4.79 Å². The molecule has 0 fully saturated rings. The molecule has 2 heterocycles. The first-order valence-electron chi connectivity index (χ1n) is 5.98. The first kappa shape index (κ1) is 13.7. The molecule has 0 saturated heterocycles. The normalized spacial score (nSPS) is 10.1. The summed E-state index contributed by atoms with van der Waals surface area (Å²) in [5.74, 6) is 0.242.